The summed E-state index contributed by atoms with van der Waals surface area (Å²) in [6.07, 6.45) is 3.84. The number of hydrogen-bond donors (Lipinski definition) is 1. The minimum Gasteiger partial charge on any atom is -0.367 e. The van der Waals surface area contributed by atoms with Gasteiger partial charge < -0.3 is 5.32 Å². The molecule has 0 aliphatic heterocycles. The molecule has 1 aromatic heterocycles. The molecule has 0 bridgehead atoms. The Kier molecular flexibility index (Phi) is 1.80. The lowest BCUT2D eigenvalue weighted by Crippen LogP contribution is -2.04. The van der Waals surface area contributed by atoms with Crippen LogP contribution in [0.1, 0.15) is 12.8 Å². The molecule has 15 heavy (non-hydrogen) atoms. The van der Waals surface area contributed by atoms with E-state index in [2.05, 4.69) is 15.3 Å². The Bertz CT molecular complexity index is 508. The minimum atomic E-state index is -0.254. The van der Waals surface area contributed by atoms with Gasteiger partial charge in [-0.15, -0.1) is 0 Å². The summed E-state index contributed by atoms with van der Waals surface area (Å²) >= 11 is 0. The van der Waals surface area contributed by atoms with Gasteiger partial charge in [0.05, 0.1) is 5.52 Å². The zero-order chi connectivity index (χ0) is 10.3. The highest BCUT2D eigenvalue weighted by Gasteiger charge is 2.22. The Hall–Kier alpha value is -1.71. The third-order valence-corrected chi connectivity index (χ3v) is 2.52. The molecule has 3 rings (SSSR count). The van der Waals surface area contributed by atoms with Gasteiger partial charge in [0.1, 0.15) is 18.0 Å². The second kappa shape index (κ2) is 3.15. The van der Waals surface area contributed by atoms with Crippen LogP contribution in [0.2, 0.25) is 0 Å². The van der Waals surface area contributed by atoms with E-state index in [4.69, 9.17) is 0 Å². The van der Waals surface area contributed by atoms with Gasteiger partial charge in [0, 0.05) is 11.4 Å². The number of nitrogens with one attached hydrogen (secondary N) is 1. The summed E-state index contributed by atoms with van der Waals surface area (Å²) in [5.74, 6) is 0.484. The van der Waals surface area contributed by atoms with Gasteiger partial charge in [0.25, 0.3) is 0 Å². The monoisotopic (exact) mass is 203 g/mol. The molecule has 1 N–H and O–H groups in total. The van der Waals surface area contributed by atoms with Crippen LogP contribution in [-0.2, 0) is 0 Å². The van der Waals surface area contributed by atoms with Gasteiger partial charge in [-0.1, -0.05) is 0 Å². The van der Waals surface area contributed by atoms with Crippen molar-refractivity contribution < 1.29 is 4.39 Å². The molecule has 1 saturated carbocycles. The van der Waals surface area contributed by atoms with Crippen LogP contribution in [0.25, 0.3) is 10.9 Å². The Balaban J connectivity index is 2.13. The molecule has 2 aromatic rings. The topological polar surface area (TPSA) is 37.8 Å². The van der Waals surface area contributed by atoms with Gasteiger partial charge in [-0.25, -0.2) is 14.4 Å². The molecule has 3 nitrogen and oxygen atoms in total. The molecule has 76 valence electrons. The van der Waals surface area contributed by atoms with Crippen LogP contribution in [0.3, 0.4) is 0 Å². The number of fused-ring (bicyclic) bond motifs is 1. The van der Waals surface area contributed by atoms with Gasteiger partial charge in [0.2, 0.25) is 0 Å². The maximum Gasteiger partial charge on any atom is 0.137 e. The van der Waals surface area contributed by atoms with Crippen LogP contribution >= 0.6 is 0 Å². The number of nitrogens with zero attached hydrogens (tertiary/aromatic N) is 2. The zero-order valence-corrected chi connectivity index (χ0v) is 8.07. The van der Waals surface area contributed by atoms with E-state index in [1.54, 1.807) is 6.07 Å². The van der Waals surface area contributed by atoms with Crippen LogP contribution in [-0.4, -0.2) is 16.0 Å². The quantitative estimate of drug-likeness (QED) is 0.814. The van der Waals surface area contributed by atoms with Crippen molar-refractivity contribution in [2.24, 2.45) is 0 Å². The zero-order valence-electron chi connectivity index (χ0n) is 8.07. The van der Waals surface area contributed by atoms with Crippen molar-refractivity contribution in [1.29, 1.82) is 0 Å². The third-order valence-electron chi connectivity index (χ3n) is 2.52. The molecule has 0 spiro atoms. The van der Waals surface area contributed by atoms with E-state index in [-0.39, 0.29) is 5.82 Å². The van der Waals surface area contributed by atoms with Crippen LogP contribution in [0.15, 0.2) is 24.5 Å². The third kappa shape index (κ3) is 1.63. The second-order valence-electron chi connectivity index (χ2n) is 3.80. The molecule has 0 amide bonds. The van der Waals surface area contributed by atoms with E-state index in [9.17, 15) is 4.39 Å². The molecule has 0 radical (unpaired) electrons. The van der Waals surface area contributed by atoms with E-state index in [0.29, 0.717) is 6.04 Å². The summed E-state index contributed by atoms with van der Waals surface area (Å²) in [4.78, 5) is 8.23. The number of aromatic nitrogens is 2. The highest BCUT2D eigenvalue weighted by molar-refractivity contribution is 5.88. The van der Waals surface area contributed by atoms with Crippen molar-refractivity contribution in [2.45, 2.75) is 18.9 Å². The van der Waals surface area contributed by atoms with Crippen molar-refractivity contribution in [3.05, 3.63) is 30.3 Å². The normalized spacial score (nSPS) is 15.5. The van der Waals surface area contributed by atoms with Gasteiger partial charge in [0.15, 0.2) is 0 Å². The van der Waals surface area contributed by atoms with Crippen molar-refractivity contribution in [2.75, 3.05) is 5.32 Å². The molecular weight excluding hydrogens is 193 g/mol. The molecule has 0 saturated heterocycles. The summed E-state index contributed by atoms with van der Waals surface area (Å²) in [6, 6.07) is 5.06. The van der Waals surface area contributed by atoms with E-state index in [0.717, 1.165) is 16.7 Å². The van der Waals surface area contributed by atoms with Crippen LogP contribution in [0.4, 0.5) is 10.2 Å². The molecule has 0 unspecified atom stereocenters. The molecule has 0 atom stereocenters. The summed E-state index contributed by atoms with van der Waals surface area (Å²) < 4.78 is 13.1. The van der Waals surface area contributed by atoms with Gasteiger partial charge in [-0.3, -0.25) is 0 Å². The lowest BCUT2D eigenvalue weighted by Gasteiger charge is -2.06. The SMILES string of the molecule is Fc1ccc2ncnc(NC3CC3)c2c1. The summed E-state index contributed by atoms with van der Waals surface area (Å²) in [7, 11) is 0. The predicted molar refractivity (Wildman–Crippen MR) is 56.1 cm³/mol. The highest BCUT2D eigenvalue weighted by atomic mass is 19.1. The standard InChI is InChI=1S/C11H10FN3/c12-7-1-4-10-9(5-7)11(14-6-13-10)15-8-2-3-8/h1,4-6,8H,2-3H2,(H,13,14,15). The van der Waals surface area contributed by atoms with Crippen LogP contribution in [0, 0.1) is 5.82 Å². The van der Waals surface area contributed by atoms with Crippen LogP contribution in [0.5, 0.6) is 0 Å². The maximum atomic E-state index is 13.1. The van der Waals surface area contributed by atoms with Gasteiger partial charge in [-0.05, 0) is 31.0 Å². The first-order chi connectivity index (χ1) is 7.33. The first kappa shape index (κ1) is 8.59. The molecule has 1 aliphatic rings. The maximum absolute atomic E-state index is 13.1. The fraction of sp³-hybridized carbons (Fsp3) is 0.273. The predicted octanol–water partition coefficient (Wildman–Crippen LogP) is 2.34. The molecule has 4 heteroatoms. The first-order valence-electron chi connectivity index (χ1n) is 5.00. The van der Waals surface area contributed by atoms with E-state index in [1.165, 1.54) is 31.3 Å². The summed E-state index contributed by atoms with van der Waals surface area (Å²) in [6.45, 7) is 0. The fourth-order valence-electron chi connectivity index (χ4n) is 1.56. The number of benzene rings is 1. The van der Waals surface area contributed by atoms with Gasteiger partial charge in [-0.2, -0.15) is 0 Å². The number of hydrogen-bond acceptors (Lipinski definition) is 3. The first-order valence-corrected chi connectivity index (χ1v) is 5.00. The Morgan fingerprint density at radius 2 is 2.13 bits per heavy atom. The van der Waals surface area contributed by atoms with E-state index in [1.807, 2.05) is 0 Å². The number of rotatable bonds is 2. The average Bonchev–Trinajstić information content (AvgIpc) is 3.03. The fourth-order valence-corrected chi connectivity index (χ4v) is 1.56. The molecule has 1 aliphatic carbocycles. The molecule has 1 fully saturated rings. The molecule has 1 aromatic carbocycles. The highest BCUT2D eigenvalue weighted by Crippen LogP contribution is 2.27. The summed E-state index contributed by atoms with van der Waals surface area (Å²) in [5, 5.41) is 4.02. The van der Waals surface area contributed by atoms with E-state index >= 15 is 0 Å². The average molecular weight is 203 g/mol. The minimum absolute atomic E-state index is 0.254. The Morgan fingerprint density at radius 1 is 1.27 bits per heavy atom. The Labute approximate surface area is 86.4 Å². The smallest absolute Gasteiger partial charge is 0.137 e. The summed E-state index contributed by atoms with van der Waals surface area (Å²) in [5.41, 5.74) is 0.773. The van der Waals surface area contributed by atoms with Crippen molar-refractivity contribution in [3.8, 4) is 0 Å². The molecular formula is C11H10FN3. The largest absolute Gasteiger partial charge is 0.367 e. The second-order valence-corrected chi connectivity index (χ2v) is 3.80. The van der Waals surface area contributed by atoms with Crippen molar-refractivity contribution in [3.63, 3.8) is 0 Å². The van der Waals surface area contributed by atoms with Crippen molar-refractivity contribution >= 4 is 16.7 Å². The number of halogens is 1. The lowest BCUT2D eigenvalue weighted by molar-refractivity contribution is 0.629. The lowest BCUT2D eigenvalue weighted by atomic mass is 10.2. The van der Waals surface area contributed by atoms with Crippen LogP contribution < -0.4 is 5.32 Å². The van der Waals surface area contributed by atoms with Gasteiger partial charge >= 0.3 is 0 Å². The van der Waals surface area contributed by atoms with E-state index < -0.39 is 0 Å². The number of anilines is 1. The molecule has 1 heterocycles. The Morgan fingerprint density at radius 3 is 2.93 bits per heavy atom. The van der Waals surface area contributed by atoms with Crippen molar-refractivity contribution in [1.82, 2.24) is 9.97 Å².